The van der Waals surface area contributed by atoms with Crippen LogP contribution in [0.25, 0.3) is 0 Å². The summed E-state index contributed by atoms with van der Waals surface area (Å²) in [7, 11) is 5.05. The van der Waals surface area contributed by atoms with Crippen LogP contribution in [-0.4, -0.2) is 21.3 Å². The average molecular weight is 300 g/mol. The highest BCUT2D eigenvalue weighted by atomic mass is 16.5. The Morgan fingerprint density at radius 2 is 1.50 bits per heavy atom. The van der Waals surface area contributed by atoms with Crippen molar-refractivity contribution in [2.24, 2.45) is 0 Å². The van der Waals surface area contributed by atoms with Gasteiger partial charge in [0.25, 0.3) is 0 Å². The van der Waals surface area contributed by atoms with Crippen LogP contribution in [0.4, 0.5) is 0 Å². The first-order valence-electron chi connectivity index (χ1n) is 7.48. The molecule has 0 saturated carbocycles. The summed E-state index contributed by atoms with van der Waals surface area (Å²) in [4.78, 5) is 0. The van der Waals surface area contributed by atoms with Crippen LogP contribution in [-0.2, 0) is 6.42 Å². The van der Waals surface area contributed by atoms with Crippen LogP contribution in [0, 0.1) is 0 Å². The number of methoxy groups -OCH3 is 3. The molecule has 2 aromatic rings. The summed E-state index contributed by atoms with van der Waals surface area (Å²) < 4.78 is 16.9. The van der Waals surface area contributed by atoms with E-state index in [4.69, 9.17) is 14.2 Å². The normalized spacial score (nSPS) is 10.6. The zero-order valence-corrected chi connectivity index (χ0v) is 14.0. The molecule has 0 radical (unpaired) electrons. The van der Waals surface area contributed by atoms with Gasteiger partial charge in [0.1, 0.15) is 5.75 Å². The highest BCUT2D eigenvalue weighted by Gasteiger charge is 2.22. The van der Waals surface area contributed by atoms with Crippen molar-refractivity contribution in [3.8, 4) is 17.2 Å². The summed E-state index contributed by atoms with van der Waals surface area (Å²) in [6.45, 7) is 4.24. The van der Waals surface area contributed by atoms with Crippen molar-refractivity contribution in [1.29, 1.82) is 0 Å². The van der Waals surface area contributed by atoms with Crippen molar-refractivity contribution >= 4 is 0 Å². The molecule has 0 heterocycles. The van der Waals surface area contributed by atoms with E-state index in [1.165, 1.54) is 5.56 Å². The zero-order valence-electron chi connectivity index (χ0n) is 14.0. The molecule has 22 heavy (non-hydrogen) atoms. The molecular weight excluding hydrogens is 276 g/mol. The highest BCUT2D eigenvalue weighted by Crippen LogP contribution is 2.44. The van der Waals surface area contributed by atoms with Gasteiger partial charge in [-0.25, -0.2) is 0 Å². The van der Waals surface area contributed by atoms with E-state index < -0.39 is 0 Å². The lowest BCUT2D eigenvalue weighted by Crippen LogP contribution is -2.05. The van der Waals surface area contributed by atoms with Gasteiger partial charge in [0.05, 0.1) is 21.3 Å². The van der Waals surface area contributed by atoms with Gasteiger partial charge in [-0.15, -0.1) is 0 Å². The van der Waals surface area contributed by atoms with Gasteiger partial charge >= 0.3 is 0 Å². The summed E-state index contributed by atoms with van der Waals surface area (Å²) >= 11 is 0. The molecule has 0 atom stereocenters. The van der Waals surface area contributed by atoms with Crippen molar-refractivity contribution in [1.82, 2.24) is 0 Å². The van der Waals surface area contributed by atoms with Gasteiger partial charge < -0.3 is 14.2 Å². The van der Waals surface area contributed by atoms with E-state index in [2.05, 4.69) is 32.0 Å². The second-order valence-electron chi connectivity index (χ2n) is 5.54. The van der Waals surface area contributed by atoms with E-state index in [9.17, 15) is 0 Å². The van der Waals surface area contributed by atoms with Crippen LogP contribution in [0.15, 0.2) is 36.4 Å². The van der Waals surface area contributed by atoms with Gasteiger partial charge in [-0.3, -0.25) is 0 Å². The van der Waals surface area contributed by atoms with Gasteiger partial charge in [0.2, 0.25) is 0 Å². The van der Waals surface area contributed by atoms with Crippen molar-refractivity contribution in [3.05, 3.63) is 53.1 Å². The average Bonchev–Trinajstić information content (AvgIpc) is 2.54. The number of hydrogen-bond donors (Lipinski definition) is 0. The molecular formula is C19H24O3. The molecule has 0 N–H and O–H groups in total. The molecule has 2 rings (SSSR count). The number of rotatable bonds is 6. The summed E-state index contributed by atoms with van der Waals surface area (Å²) in [6, 6.07) is 12.4. The first-order valence-corrected chi connectivity index (χ1v) is 7.48. The molecule has 0 unspecified atom stereocenters. The van der Waals surface area contributed by atoms with Crippen LogP contribution in [0.2, 0.25) is 0 Å². The second-order valence-corrected chi connectivity index (χ2v) is 5.54. The highest BCUT2D eigenvalue weighted by molar-refractivity contribution is 5.60. The molecule has 0 spiro atoms. The third kappa shape index (κ3) is 3.19. The lowest BCUT2D eigenvalue weighted by Gasteiger charge is -2.21. The Morgan fingerprint density at radius 3 is 2.00 bits per heavy atom. The van der Waals surface area contributed by atoms with E-state index >= 15 is 0 Å². The minimum atomic E-state index is 0.282. The fourth-order valence-corrected chi connectivity index (χ4v) is 2.77. The van der Waals surface area contributed by atoms with Crippen molar-refractivity contribution in [2.75, 3.05) is 21.3 Å². The summed E-state index contributed by atoms with van der Waals surface area (Å²) in [5.41, 5.74) is 3.33. The molecule has 0 bridgehead atoms. The van der Waals surface area contributed by atoms with E-state index in [0.717, 1.165) is 34.8 Å². The third-order valence-electron chi connectivity index (χ3n) is 3.76. The second kappa shape index (κ2) is 7.21. The Hall–Kier alpha value is -2.16. The third-order valence-corrected chi connectivity index (χ3v) is 3.76. The predicted molar refractivity (Wildman–Crippen MR) is 89.4 cm³/mol. The Balaban J connectivity index is 2.58. The quantitative estimate of drug-likeness (QED) is 0.790. The topological polar surface area (TPSA) is 27.7 Å². The molecule has 0 aliphatic carbocycles. The minimum absolute atomic E-state index is 0.282. The van der Waals surface area contributed by atoms with Gasteiger partial charge in [0, 0.05) is 17.5 Å². The summed E-state index contributed by atoms with van der Waals surface area (Å²) in [5.74, 6) is 2.68. The zero-order chi connectivity index (χ0) is 16.1. The summed E-state index contributed by atoms with van der Waals surface area (Å²) in [6.07, 6.45) is 0.773. The van der Waals surface area contributed by atoms with E-state index in [-0.39, 0.29) is 5.92 Å². The minimum Gasteiger partial charge on any atom is -0.496 e. The molecule has 0 saturated heterocycles. The molecule has 0 aliphatic rings. The number of hydrogen-bond acceptors (Lipinski definition) is 3. The molecule has 118 valence electrons. The Morgan fingerprint density at radius 1 is 0.864 bits per heavy atom. The fraction of sp³-hybridized carbons (Fsp3) is 0.368. The molecule has 0 aromatic heterocycles. The monoisotopic (exact) mass is 300 g/mol. The molecule has 3 heteroatoms. The maximum absolute atomic E-state index is 5.65. The van der Waals surface area contributed by atoms with E-state index in [0.29, 0.717) is 0 Å². The standard InChI is InChI=1S/C19H24O3/c1-13(2)17-16(20-3)12-15(18(21-4)19(17)22-5)11-14-9-7-6-8-10-14/h6-10,12-13H,11H2,1-5H3. The molecule has 2 aromatic carbocycles. The molecule has 0 fully saturated rings. The number of ether oxygens (including phenoxy) is 3. The molecule has 0 amide bonds. The van der Waals surface area contributed by atoms with Gasteiger partial charge in [-0.05, 0) is 17.5 Å². The first kappa shape index (κ1) is 16.2. The van der Waals surface area contributed by atoms with E-state index in [1.54, 1.807) is 21.3 Å². The maximum atomic E-state index is 5.65. The van der Waals surface area contributed by atoms with Gasteiger partial charge in [0.15, 0.2) is 11.5 Å². The lowest BCUT2D eigenvalue weighted by molar-refractivity contribution is 0.339. The fourth-order valence-electron chi connectivity index (χ4n) is 2.77. The Labute approximate surface area is 132 Å². The largest absolute Gasteiger partial charge is 0.496 e. The number of benzene rings is 2. The van der Waals surface area contributed by atoms with Crippen LogP contribution >= 0.6 is 0 Å². The van der Waals surface area contributed by atoms with Crippen molar-refractivity contribution in [3.63, 3.8) is 0 Å². The van der Waals surface area contributed by atoms with Crippen LogP contribution in [0.3, 0.4) is 0 Å². The molecule has 0 aliphatic heterocycles. The van der Waals surface area contributed by atoms with Gasteiger partial charge in [-0.2, -0.15) is 0 Å². The van der Waals surface area contributed by atoms with Crippen LogP contribution < -0.4 is 14.2 Å². The van der Waals surface area contributed by atoms with Gasteiger partial charge in [-0.1, -0.05) is 44.2 Å². The Kier molecular flexibility index (Phi) is 5.31. The van der Waals surface area contributed by atoms with Crippen LogP contribution in [0.5, 0.6) is 17.2 Å². The predicted octanol–water partition coefficient (Wildman–Crippen LogP) is 4.43. The van der Waals surface area contributed by atoms with Crippen LogP contribution in [0.1, 0.15) is 36.5 Å². The molecule has 3 nitrogen and oxygen atoms in total. The van der Waals surface area contributed by atoms with Crippen molar-refractivity contribution in [2.45, 2.75) is 26.2 Å². The smallest absolute Gasteiger partial charge is 0.168 e. The lowest BCUT2D eigenvalue weighted by atomic mass is 9.95. The Bertz CT molecular complexity index is 618. The van der Waals surface area contributed by atoms with Crippen molar-refractivity contribution < 1.29 is 14.2 Å². The first-order chi connectivity index (χ1) is 10.6. The summed E-state index contributed by atoms with van der Waals surface area (Å²) in [5, 5.41) is 0. The maximum Gasteiger partial charge on any atom is 0.168 e. The van der Waals surface area contributed by atoms with E-state index in [1.807, 2.05) is 18.2 Å². The SMILES string of the molecule is COc1cc(Cc2ccccc2)c(OC)c(OC)c1C(C)C.